The second-order valence-electron chi connectivity index (χ2n) is 5.46. The van der Waals surface area contributed by atoms with E-state index in [4.69, 9.17) is 5.11 Å². The van der Waals surface area contributed by atoms with Crippen LogP contribution in [0.2, 0.25) is 0 Å². The van der Waals surface area contributed by atoms with Gasteiger partial charge in [0.1, 0.15) is 5.82 Å². The first-order valence-corrected chi connectivity index (χ1v) is 6.81. The van der Waals surface area contributed by atoms with E-state index in [9.17, 15) is 4.79 Å². The molecule has 1 aromatic heterocycles. The van der Waals surface area contributed by atoms with Crippen molar-refractivity contribution >= 4 is 5.97 Å². The third-order valence-electron chi connectivity index (χ3n) is 4.24. The molecule has 96 valence electrons. The SMILES string of the molecule is O=C(O)C1CCc2nc(C3CCCC3)ncc2C1. The molecule has 0 saturated heterocycles. The number of nitrogens with zero attached hydrogens (tertiary/aromatic N) is 2. The Morgan fingerprint density at radius 3 is 2.78 bits per heavy atom. The van der Waals surface area contributed by atoms with Crippen molar-refractivity contribution in [2.45, 2.75) is 50.9 Å². The topological polar surface area (TPSA) is 63.1 Å². The smallest absolute Gasteiger partial charge is 0.306 e. The molecule has 0 aliphatic heterocycles. The number of aryl methyl sites for hydroxylation is 1. The number of carboxylic acid groups (broad SMARTS) is 1. The zero-order valence-electron chi connectivity index (χ0n) is 10.4. The maximum absolute atomic E-state index is 11.0. The summed E-state index contributed by atoms with van der Waals surface area (Å²) in [6.07, 6.45) is 8.93. The van der Waals surface area contributed by atoms with E-state index in [0.717, 1.165) is 23.5 Å². The quantitative estimate of drug-likeness (QED) is 0.869. The Morgan fingerprint density at radius 1 is 1.28 bits per heavy atom. The Bertz CT molecular complexity index is 467. The molecule has 1 saturated carbocycles. The summed E-state index contributed by atoms with van der Waals surface area (Å²) >= 11 is 0. The molecule has 0 radical (unpaired) electrons. The first-order chi connectivity index (χ1) is 8.74. The van der Waals surface area contributed by atoms with Crippen LogP contribution in [0.15, 0.2) is 6.20 Å². The van der Waals surface area contributed by atoms with Gasteiger partial charge in [-0.1, -0.05) is 12.8 Å². The lowest BCUT2D eigenvalue weighted by atomic mass is 9.87. The number of hydrogen-bond acceptors (Lipinski definition) is 3. The second kappa shape index (κ2) is 4.67. The highest BCUT2D eigenvalue weighted by Crippen LogP contribution is 2.33. The monoisotopic (exact) mass is 246 g/mol. The summed E-state index contributed by atoms with van der Waals surface area (Å²) in [7, 11) is 0. The minimum atomic E-state index is -0.694. The number of fused-ring (bicyclic) bond motifs is 1. The molecular formula is C14H18N2O2. The van der Waals surface area contributed by atoms with Gasteiger partial charge < -0.3 is 5.11 Å². The number of aliphatic carboxylic acids is 1. The van der Waals surface area contributed by atoms with E-state index in [0.29, 0.717) is 18.8 Å². The van der Waals surface area contributed by atoms with E-state index >= 15 is 0 Å². The van der Waals surface area contributed by atoms with Gasteiger partial charge in [0.15, 0.2) is 0 Å². The van der Waals surface area contributed by atoms with Gasteiger partial charge in [-0.05, 0) is 37.7 Å². The minimum absolute atomic E-state index is 0.251. The number of rotatable bonds is 2. The van der Waals surface area contributed by atoms with Crippen molar-refractivity contribution < 1.29 is 9.90 Å². The lowest BCUT2D eigenvalue weighted by Crippen LogP contribution is -2.23. The van der Waals surface area contributed by atoms with Crippen molar-refractivity contribution in [3.8, 4) is 0 Å². The highest BCUT2D eigenvalue weighted by molar-refractivity contribution is 5.70. The van der Waals surface area contributed by atoms with E-state index in [1.165, 1.54) is 25.7 Å². The van der Waals surface area contributed by atoms with Gasteiger partial charge >= 0.3 is 5.97 Å². The molecule has 1 heterocycles. The number of carboxylic acids is 1. The minimum Gasteiger partial charge on any atom is -0.481 e. The van der Waals surface area contributed by atoms with Gasteiger partial charge in [0.2, 0.25) is 0 Å². The van der Waals surface area contributed by atoms with Crippen molar-refractivity contribution in [3.63, 3.8) is 0 Å². The molecule has 1 aromatic rings. The predicted molar refractivity (Wildman–Crippen MR) is 66.4 cm³/mol. The Hall–Kier alpha value is -1.45. The lowest BCUT2D eigenvalue weighted by Gasteiger charge is -2.21. The van der Waals surface area contributed by atoms with Crippen molar-refractivity contribution in [2.24, 2.45) is 5.92 Å². The van der Waals surface area contributed by atoms with Crippen LogP contribution < -0.4 is 0 Å². The Balaban J connectivity index is 1.82. The van der Waals surface area contributed by atoms with Crippen LogP contribution >= 0.6 is 0 Å². The highest BCUT2D eigenvalue weighted by Gasteiger charge is 2.27. The summed E-state index contributed by atoms with van der Waals surface area (Å²) in [5.74, 6) is 0.575. The van der Waals surface area contributed by atoms with Crippen molar-refractivity contribution in [1.29, 1.82) is 0 Å². The summed E-state index contributed by atoms with van der Waals surface area (Å²) in [4.78, 5) is 20.1. The molecule has 0 amide bonds. The molecule has 2 aliphatic carbocycles. The molecular weight excluding hydrogens is 228 g/mol. The fourth-order valence-corrected chi connectivity index (χ4v) is 3.11. The molecule has 1 unspecified atom stereocenters. The Kier molecular flexibility index (Phi) is 3.02. The molecule has 18 heavy (non-hydrogen) atoms. The van der Waals surface area contributed by atoms with E-state index in [1.807, 2.05) is 6.20 Å². The van der Waals surface area contributed by atoms with Gasteiger partial charge in [-0.3, -0.25) is 4.79 Å². The molecule has 2 aliphatic rings. The first kappa shape index (κ1) is 11.6. The van der Waals surface area contributed by atoms with Crippen LogP contribution in [-0.4, -0.2) is 21.0 Å². The highest BCUT2D eigenvalue weighted by atomic mass is 16.4. The third kappa shape index (κ3) is 2.11. The molecule has 0 bridgehead atoms. The van der Waals surface area contributed by atoms with E-state index in [-0.39, 0.29) is 5.92 Å². The molecule has 0 aromatic carbocycles. The maximum Gasteiger partial charge on any atom is 0.306 e. The summed E-state index contributed by atoms with van der Waals surface area (Å²) in [6, 6.07) is 0. The molecule has 3 rings (SSSR count). The van der Waals surface area contributed by atoms with E-state index in [2.05, 4.69) is 9.97 Å². The zero-order chi connectivity index (χ0) is 12.5. The molecule has 0 spiro atoms. The van der Waals surface area contributed by atoms with Gasteiger partial charge in [0, 0.05) is 17.8 Å². The van der Waals surface area contributed by atoms with Crippen LogP contribution in [0.3, 0.4) is 0 Å². The third-order valence-corrected chi connectivity index (χ3v) is 4.24. The van der Waals surface area contributed by atoms with Crippen LogP contribution in [0.25, 0.3) is 0 Å². The van der Waals surface area contributed by atoms with E-state index < -0.39 is 5.97 Å². The number of hydrogen-bond donors (Lipinski definition) is 1. The second-order valence-corrected chi connectivity index (χ2v) is 5.46. The van der Waals surface area contributed by atoms with Crippen LogP contribution in [-0.2, 0) is 17.6 Å². The molecule has 4 nitrogen and oxygen atoms in total. The summed E-state index contributed by atoms with van der Waals surface area (Å²) in [6.45, 7) is 0. The van der Waals surface area contributed by atoms with Gasteiger partial charge in [-0.15, -0.1) is 0 Å². The maximum atomic E-state index is 11.0. The fraction of sp³-hybridized carbons (Fsp3) is 0.643. The molecule has 1 fully saturated rings. The number of carbonyl (C=O) groups is 1. The first-order valence-electron chi connectivity index (χ1n) is 6.81. The van der Waals surface area contributed by atoms with Crippen LogP contribution in [0.4, 0.5) is 0 Å². The van der Waals surface area contributed by atoms with Crippen LogP contribution in [0, 0.1) is 5.92 Å². The van der Waals surface area contributed by atoms with Gasteiger partial charge in [-0.25, -0.2) is 9.97 Å². The molecule has 1 atom stereocenters. The average molecular weight is 246 g/mol. The predicted octanol–water partition coefficient (Wildman–Crippen LogP) is 2.32. The Labute approximate surface area is 106 Å². The molecule has 4 heteroatoms. The van der Waals surface area contributed by atoms with Gasteiger partial charge in [0.25, 0.3) is 0 Å². The molecule has 1 N–H and O–H groups in total. The number of aromatic nitrogens is 2. The summed E-state index contributed by atoms with van der Waals surface area (Å²) in [5, 5.41) is 9.05. The normalized spacial score (nSPS) is 23.9. The standard InChI is InChI=1S/C14H18N2O2/c17-14(18)10-5-6-12-11(7-10)8-15-13(16-12)9-3-1-2-4-9/h8-10H,1-7H2,(H,17,18). The van der Waals surface area contributed by atoms with Crippen LogP contribution in [0.1, 0.15) is 55.1 Å². The van der Waals surface area contributed by atoms with Gasteiger partial charge in [-0.2, -0.15) is 0 Å². The van der Waals surface area contributed by atoms with E-state index in [1.54, 1.807) is 0 Å². The lowest BCUT2D eigenvalue weighted by molar-refractivity contribution is -0.142. The summed E-state index contributed by atoms with van der Waals surface area (Å²) in [5.41, 5.74) is 2.12. The summed E-state index contributed by atoms with van der Waals surface area (Å²) < 4.78 is 0. The van der Waals surface area contributed by atoms with Crippen molar-refractivity contribution in [1.82, 2.24) is 9.97 Å². The van der Waals surface area contributed by atoms with Crippen molar-refractivity contribution in [3.05, 3.63) is 23.3 Å². The average Bonchev–Trinajstić information content (AvgIpc) is 2.91. The van der Waals surface area contributed by atoms with Crippen molar-refractivity contribution in [2.75, 3.05) is 0 Å². The fourth-order valence-electron chi connectivity index (χ4n) is 3.11. The zero-order valence-corrected chi connectivity index (χ0v) is 10.4. The Morgan fingerprint density at radius 2 is 2.06 bits per heavy atom. The van der Waals surface area contributed by atoms with Gasteiger partial charge in [0.05, 0.1) is 5.92 Å². The van der Waals surface area contributed by atoms with Crippen LogP contribution in [0.5, 0.6) is 0 Å². The largest absolute Gasteiger partial charge is 0.481 e.